The van der Waals surface area contributed by atoms with Crippen molar-refractivity contribution in [2.45, 2.75) is 52.5 Å². The van der Waals surface area contributed by atoms with E-state index in [1.807, 2.05) is 0 Å². The highest BCUT2D eigenvalue weighted by Crippen LogP contribution is 2.05. The summed E-state index contributed by atoms with van der Waals surface area (Å²) in [5.74, 6) is 0. The van der Waals surface area contributed by atoms with Crippen LogP contribution in [0.4, 0.5) is 0 Å². The molecule has 3 heteroatoms. The van der Waals surface area contributed by atoms with Gasteiger partial charge in [-0.3, -0.25) is 5.43 Å². The zero-order valence-corrected chi connectivity index (χ0v) is 10.1. The van der Waals surface area contributed by atoms with Gasteiger partial charge in [-0.2, -0.15) is 0 Å². The third-order valence-electron chi connectivity index (χ3n) is 2.54. The Morgan fingerprint density at radius 2 is 2.00 bits per heavy atom. The van der Waals surface area contributed by atoms with Crippen molar-refractivity contribution in [2.75, 3.05) is 19.6 Å². The van der Waals surface area contributed by atoms with E-state index >= 15 is 0 Å². The van der Waals surface area contributed by atoms with Gasteiger partial charge < -0.3 is 5.73 Å². The lowest BCUT2D eigenvalue weighted by Crippen LogP contribution is -2.44. The fraction of sp³-hybridized carbons (Fsp3) is 1.00. The van der Waals surface area contributed by atoms with E-state index in [1.165, 1.54) is 19.3 Å². The summed E-state index contributed by atoms with van der Waals surface area (Å²) in [5.41, 5.74) is 8.89. The van der Waals surface area contributed by atoms with Crippen LogP contribution in [-0.4, -0.2) is 30.7 Å². The molecule has 14 heavy (non-hydrogen) atoms. The molecule has 0 aliphatic rings. The van der Waals surface area contributed by atoms with Crippen LogP contribution in [-0.2, 0) is 0 Å². The number of hydrogen-bond donors (Lipinski definition) is 2. The predicted molar refractivity (Wildman–Crippen MR) is 63.0 cm³/mol. The molecule has 0 aromatic rings. The van der Waals surface area contributed by atoms with Crippen LogP contribution >= 0.6 is 0 Å². The Morgan fingerprint density at radius 1 is 1.29 bits per heavy atom. The van der Waals surface area contributed by atoms with E-state index < -0.39 is 0 Å². The van der Waals surface area contributed by atoms with Crippen molar-refractivity contribution in [1.29, 1.82) is 0 Å². The lowest BCUT2D eigenvalue weighted by molar-refractivity contribution is 0.133. The van der Waals surface area contributed by atoms with Crippen LogP contribution in [0.1, 0.15) is 46.5 Å². The van der Waals surface area contributed by atoms with Crippen molar-refractivity contribution in [3.05, 3.63) is 0 Å². The molecule has 0 spiro atoms. The molecule has 0 aliphatic heterocycles. The van der Waals surface area contributed by atoms with E-state index in [-0.39, 0.29) is 0 Å². The normalized spacial score (nSPS) is 13.5. The van der Waals surface area contributed by atoms with E-state index in [2.05, 4.69) is 31.2 Å². The highest BCUT2D eigenvalue weighted by molar-refractivity contribution is 4.62. The van der Waals surface area contributed by atoms with E-state index in [1.54, 1.807) is 0 Å². The van der Waals surface area contributed by atoms with Crippen molar-refractivity contribution in [3.63, 3.8) is 0 Å². The number of nitrogens with zero attached hydrogens (tertiary/aromatic N) is 1. The third kappa shape index (κ3) is 6.35. The fourth-order valence-corrected chi connectivity index (χ4v) is 1.56. The predicted octanol–water partition coefficient (Wildman–Crippen LogP) is 1.74. The largest absolute Gasteiger partial charge is 0.330 e. The fourth-order valence-electron chi connectivity index (χ4n) is 1.56. The Labute approximate surface area is 89.0 Å². The first-order valence-electron chi connectivity index (χ1n) is 5.96. The Kier molecular flexibility index (Phi) is 9.35. The molecular weight excluding hydrogens is 174 g/mol. The molecule has 0 aliphatic carbocycles. The lowest BCUT2D eigenvalue weighted by Gasteiger charge is -2.28. The number of unbranched alkanes of at least 4 members (excludes halogenated alkanes) is 1. The quantitative estimate of drug-likeness (QED) is 0.441. The summed E-state index contributed by atoms with van der Waals surface area (Å²) in [6.45, 7) is 9.56. The molecule has 0 rings (SSSR count). The second-order valence-corrected chi connectivity index (χ2v) is 3.83. The van der Waals surface area contributed by atoms with Gasteiger partial charge in [-0.05, 0) is 26.3 Å². The first kappa shape index (κ1) is 13.9. The van der Waals surface area contributed by atoms with Gasteiger partial charge in [0.2, 0.25) is 0 Å². The molecule has 1 unspecified atom stereocenters. The summed E-state index contributed by atoms with van der Waals surface area (Å²) in [7, 11) is 0. The van der Waals surface area contributed by atoms with Crippen LogP contribution in [0.25, 0.3) is 0 Å². The molecule has 0 saturated carbocycles. The maximum Gasteiger partial charge on any atom is 0.0215 e. The standard InChI is InChI=1S/C11H27N3/c1-4-6-8-11(3)14(5-2)13-10-7-9-12/h11,13H,4-10,12H2,1-3H3. The average Bonchev–Trinajstić information content (AvgIpc) is 2.21. The van der Waals surface area contributed by atoms with Gasteiger partial charge >= 0.3 is 0 Å². The van der Waals surface area contributed by atoms with Crippen molar-refractivity contribution >= 4 is 0 Å². The molecular formula is C11H27N3. The van der Waals surface area contributed by atoms with E-state index in [9.17, 15) is 0 Å². The maximum absolute atomic E-state index is 5.45. The minimum atomic E-state index is 0.637. The SMILES string of the molecule is CCCCC(C)N(CC)NCCCN. The molecule has 0 aromatic carbocycles. The molecule has 0 aromatic heterocycles. The number of rotatable bonds is 9. The van der Waals surface area contributed by atoms with Crippen molar-refractivity contribution in [2.24, 2.45) is 5.73 Å². The molecule has 0 heterocycles. The topological polar surface area (TPSA) is 41.3 Å². The lowest BCUT2D eigenvalue weighted by atomic mass is 10.1. The summed E-state index contributed by atoms with van der Waals surface area (Å²) in [6, 6.07) is 0.637. The summed E-state index contributed by atoms with van der Waals surface area (Å²) in [5, 5.41) is 2.32. The highest BCUT2D eigenvalue weighted by atomic mass is 15.5. The first-order chi connectivity index (χ1) is 6.76. The molecule has 0 amide bonds. The number of nitrogens with two attached hydrogens (primary N) is 1. The number of hydrazine groups is 1. The number of nitrogens with one attached hydrogen (secondary N) is 1. The Balaban J connectivity index is 3.62. The maximum atomic E-state index is 5.45. The second-order valence-electron chi connectivity index (χ2n) is 3.83. The van der Waals surface area contributed by atoms with Crippen LogP contribution in [0.5, 0.6) is 0 Å². The zero-order chi connectivity index (χ0) is 10.8. The van der Waals surface area contributed by atoms with Crippen LogP contribution in [0.3, 0.4) is 0 Å². The van der Waals surface area contributed by atoms with Crippen LogP contribution in [0.2, 0.25) is 0 Å². The molecule has 0 fully saturated rings. The summed E-state index contributed by atoms with van der Waals surface area (Å²) in [4.78, 5) is 0. The van der Waals surface area contributed by atoms with E-state index in [4.69, 9.17) is 5.73 Å². The molecule has 3 nitrogen and oxygen atoms in total. The van der Waals surface area contributed by atoms with Crippen LogP contribution < -0.4 is 11.2 Å². The van der Waals surface area contributed by atoms with Gasteiger partial charge in [0.1, 0.15) is 0 Å². The highest BCUT2D eigenvalue weighted by Gasteiger charge is 2.09. The summed E-state index contributed by atoms with van der Waals surface area (Å²) < 4.78 is 0. The van der Waals surface area contributed by atoms with Crippen molar-refractivity contribution < 1.29 is 0 Å². The second kappa shape index (κ2) is 9.44. The molecule has 3 N–H and O–H groups in total. The summed E-state index contributed by atoms with van der Waals surface area (Å²) >= 11 is 0. The van der Waals surface area contributed by atoms with Crippen LogP contribution in [0, 0.1) is 0 Å². The van der Waals surface area contributed by atoms with Gasteiger partial charge in [0.05, 0.1) is 0 Å². The van der Waals surface area contributed by atoms with Crippen molar-refractivity contribution in [1.82, 2.24) is 10.4 Å². The third-order valence-corrected chi connectivity index (χ3v) is 2.54. The monoisotopic (exact) mass is 201 g/mol. The molecule has 1 atom stereocenters. The van der Waals surface area contributed by atoms with E-state index in [0.717, 1.165) is 26.1 Å². The number of hydrogen-bond acceptors (Lipinski definition) is 3. The Bertz CT molecular complexity index is 117. The van der Waals surface area contributed by atoms with Gasteiger partial charge in [0.15, 0.2) is 0 Å². The Morgan fingerprint density at radius 3 is 2.50 bits per heavy atom. The summed E-state index contributed by atoms with van der Waals surface area (Å²) in [6.07, 6.45) is 4.93. The van der Waals surface area contributed by atoms with Crippen LogP contribution in [0.15, 0.2) is 0 Å². The zero-order valence-electron chi connectivity index (χ0n) is 10.1. The molecule has 86 valence electrons. The molecule has 0 bridgehead atoms. The minimum absolute atomic E-state index is 0.637. The minimum Gasteiger partial charge on any atom is -0.330 e. The molecule has 0 radical (unpaired) electrons. The van der Waals surface area contributed by atoms with Crippen molar-refractivity contribution in [3.8, 4) is 0 Å². The van der Waals surface area contributed by atoms with Gasteiger partial charge in [-0.1, -0.05) is 26.7 Å². The van der Waals surface area contributed by atoms with Gasteiger partial charge in [-0.25, -0.2) is 5.01 Å². The first-order valence-corrected chi connectivity index (χ1v) is 5.96. The Hall–Kier alpha value is -0.120. The average molecular weight is 201 g/mol. The smallest absolute Gasteiger partial charge is 0.0215 e. The van der Waals surface area contributed by atoms with Gasteiger partial charge in [0.25, 0.3) is 0 Å². The van der Waals surface area contributed by atoms with E-state index in [0.29, 0.717) is 6.04 Å². The van der Waals surface area contributed by atoms with Gasteiger partial charge in [0, 0.05) is 19.1 Å². The van der Waals surface area contributed by atoms with Gasteiger partial charge in [-0.15, -0.1) is 0 Å². The molecule has 0 saturated heterocycles.